The van der Waals surface area contributed by atoms with E-state index < -0.39 is 0 Å². The first-order valence-electron chi connectivity index (χ1n) is 5.20. The molecule has 0 bridgehead atoms. The molecule has 3 nitrogen and oxygen atoms in total. The van der Waals surface area contributed by atoms with Crippen LogP contribution in [0.1, 0.15) is 25.3 Å². The first-order valence-corrected chi connectivity index (χ1v) is 5.58. The Kier molecular flexibility index (Phi) is 2.96. The highest BCUT2D eigenvalue weighted by molar-refractivity contribution is 6.31. The number of rotatable bonds is 4. The number of nitrogens with zero attached hydrogens (tertiary/aromatic N) is 1. The van der Waals surface area contributed by atoms with Crippen molar-refractivity contribution in [2.75, 3.05) is 0 Å². The summed E-state index contributed by atoms with van der Waals surface area (Å²) in [6.45, 7) is 2.26. The summed E-state index contributed by atoms with van der Waals surface area (Å²) >= 11 is 6.06. The van der Waals surface area contributed by atoms with Gasteiger partial charge in [-0.1, -0.05) is 18.5 Å². The third kappa shape index (κ3) is 2.30. The van der Waals surface area contributed by atoms with Gasteiger partial charge in [0.25, 0.3) is 0 Å². The fraction of sp³-hybridized carbons (Fsp3) is 0.545. The Morgan fingerprint density at radius 2 is 2.40 bits per heavy atom. The summed E-state index contributed by atoms with van der Waals surface area (Å²) in [4.78, 5) is 3.97. The number of nitrogens with one attached hydrogen (secondary N) is 1. The molecule has 1 aliphatic carbocycles. The second kappa shape index (κ2) is 4.08. The van der Waals surface area contributed by atoms with Crippen molar-refractivity contribution in [3.63, 3.8) is 0 Å². The van der Waals surface area contributed by atoms with E-state index in [2.05, 4.69) is 17.3 Å². The minimum absolute atomic E-state index is 0.303. The molecule has 1 heterocycles. The molecule has 0 radical (unpaired) electrons. The van der Waals surface area contributed by atoms with Gasteiger partial charge < -0.3 is 0 Å². The standard InChI is InChI=1S/C11H16ClN3/c1-11(3-4-11)10(15-13)6-8-2-5-14-7-9(8)12/h2,5,7,10,15H,3-4,6,13H2,1H3. The van der Waals surface area contributed by atoms with Gasteiger partial charge in [-0.25, -0.2) is 0 Å². The first-order chi connectivity index (χ1) is 7.15. The first kappa shape index (κ1) is 10.9. The summed E-state index contributed by atoms with van der Waals surface area (Å²) in [6.07, 6.45) is 6.80. The lowest BCUT2D eigenvalue weighted by molar-refractivity contribution is 0.359. The van der Waals surface area contributed by atoms with Crippen LogP contribution >= 0.6 is 11.6 Å². The van der Waals surface area contributed by atoms with E-state index in [0.717, 1.165) is 17.0 Å². The molecule has 0 aromatic carbocycles. The molecule has 82 valence electrons. The third-order valence-corrected chi connectivity index (χ3v) is 3.70. The largest absolute Gasteiger partial charge is 0.271 e. The Morgan fingerprint density at radius 3 is 2.93 bits per heavy atom. The minimum atomic E-state index is 0.303. The molecule has 1 fully saturated rings. The molecule has 4 heteroatoms. The van der Waals surface area contributed by atoms with Crippen LogP contribution in [0.2, 0.25) is 5.02 Å². The molecular weight excluding hydrogens is 210 g/mol. The van der Waals surface area contributed by atoms with Crippen molar-refractivity contribution in [2.45, 2.75) is 32.2 Å². The fourth-order valence-electron chi connectivity index (χ4n) is 1.84. The number of hydrogen-bond donors (Lipinski definition) is 2. The van der Waals surface area contributed by atoms with Gasteiger partial charge in [0, 0.05) is 18.4 Å². The maximum atomic E-state index is 6.06. The summed E-state index contributed by atoms with van der Waals surface area (Å²) in [7, 11) is 0. The highest BCUT2D eigenvalue weighted by Crippen LogP contribution is 2.48. The van der Waals surface area contributed by atoms with E-state index in [0.29, 0.717) is 11.5 Å². The van der Waals surface area contributed by atoms with E-state index in [1.54, 1.807) is 12.4 Å². The van der Waals surface area contributed by atoms with Crippen molar-refractivity contribution in [3.8, 4) is 0 Å². The summed E-state index contributed by atoms with van der Waals surface area (Å²) in [6, 6.07) is 2.26. The zero-order valence-corrected chi connectivity index (χ0v) is 9.59. The van der Waals surface area contributed by atoms with Gasteiger partial charge >= 0.3 is 0 Å². The smallest absolute Gasteiger partial charge is 0.0621 e. The highest BCUT2D eigenvalue weighted by atomic mass is 35.5. The predicted molar refractivity (Wildman–Crippen MR) is 61.4 cm³/mol. The molecule has 15 heavy (non-hydrogen) atoms. The second-order valence-electron chi connectivity index (χ2n) is 4.54. The van der Waals surface area contributed by atoms with Gasteiger partial charge in [-0.3, -0.25) is 16.3 Å². The highest BCUT2D eigenvalue weighted by Gasteiger charge is 2.44. The second-order valence-corrected chi connectivity index (χ2v) is 4.95. The normalized spacial score (nSPS) is 19.9. The van der Waals surface area contributed by atoms with Crippen LogP contribution in [0.4, 0.5) is 0 Å². The number of halogens is 1. The molecule has 0 aliphatic heterocycles. The third-order valence-electron chi connectivity index (χ3n) is 3.36. The van der Waals surface area contributed by atoms with Gasteiger partial charge in [0.15, 0.2) is 0 Å². The van der Waals surface area contributed by atoms with E-state index in [9.17, 15) is 0 Å². The molecular formula is C11H16ClN3. The molecule has 2 rings (SSSR count). The van der Waals surface area contributed by atoms with Crippen LogP contribution in [0.25, 0.3) is 0 Å². The van der Waals surface area contributed by atoms with Gasteiger partial charge in [-0.05, 0) is 36.3 Å². The van der Waals surface area contributed by atoms with Crippen molar-refractivity contribution >= 4 is 11.6 Å². The number of aromatic nitrogens is 1. The molecule has 0 spiro atoms. The van der Waals surface area contributed by atoms with E-state index in [-0.39, 0.29) is 0 Å². The average Bonchev–Trinajstić information content (AvgIpc) is 2.96. The molecule has 1 aliphatic rings. The Balaban J connectivity index is 2.10. The van der Waals surface area contributed by atoms with Gasteiger partial charge in [0.05, 0.1) is 5.02 Å². The zero-order valence-electron chi connectivity index (χ0n) is 8.83. The maximum absolute atomic E-state index is 6.06. The van der Waals surface area contributed by atoms with Crippen LogP contribution in [-0.4, -0.2) is 11.0 Å². The summed E-state index contributed by atoms with van der Waals surface area (Å²) in [5.41, 5.74) is 4.36. The van der Waals surface area contributed by atoms with E-state index in [1.165, 1.54) is 12.8 Å². The molecule has 1 atom stereocenters. The molecule has 3 N–H and O–H groups in total. The van der Waals surface area contributed by atoms with E-state index in [4.69, 9.17) is 17.4 Å². The van der Waals surface area contributed by atoms with E-state index in [1.807, 2.05) is 6.07 Å². The molecule has 1 aromatic rings. The minimum Gasteiger partial charge on any atom is -0.271 e. The maximum Gasteiger partial charge on any atom is 0.0621 e. The molecule has 1 aromatic heterocycles. The fourth-order valence-corrected chi connectivity index (χ4v) is 2.04. The Hall–Kier alpha value is -0.640. The van der Waals surface area contributed by atoms with Gasteiger partial charge in [0.1, 0.15) is 0 Å². The van der Waals surface area contributed by atoms with Gasteiger partial charge in [-0.2, -0.15) is 0 Å². The van der Waals surface area contributed by atoms with Crippen LogP contribution in [0, 0.1) is 5.41 Å². The van der Waals surface area contributed by atoms with Crippen molar-refractivity contribution in [1.82, 2.24) is 10.4 Å². The number of hydrazine groups is 1. The predicted octanol–water partition coefficient (Wildman–Crippen LogP) is 1.91. The molecule has 1 saturated carbocycles. The zero-order chi connectivity index (χ0) is 10.9. The van der Waals surface area contributed by atoms with Crippen molar-refractivity contribution in [1.29, 1.82) is 0 Å². The Labute approximate surface area is 95.0 Å². The summed E-state index contributed by atoms with van der Waals surface area (Å²) < 4.78 is 0. The number of hydrogen-bond acceptors (Lipinski definition) is 3. The summed E-state index contributed by atoms with van der Waals surface area (Å²) in [5, 5.41) is 0.724. The average molecular weight is 226 g/mol. The topological polar surface area (TPSA) is 50.9 Å². The lowest BCUT2D eigenvalue weighted by Gasteiger charge is -2.22. The van der Waals surface area contributed by atoms with Gasteiger partial charge in [0.2, 0.25) is 0 Å². The monoisotopic (exact) mass is 225 g/mol. The molecule has 0 amide bonds. The number of nitrogens with two attached hydrogens (primary N) is 1. The van der Waals surface area contributed by atoms with Crippen molar-refractivity contribution < 1.29 is 0 Å². The molecule has 0 saturated heterocycles. The quantitative estimate of drug-likeness (QED) is 0.608. The van der Waals surface area contributed by atoms with E-state index >= 15 is 0 Å². The van der Waals surface area contributed by atoms with Crippen LogP contribution in [0.15, 0.2) is 18.5 Å². The Bertz CT molecular complexity index is 349. The van der Waals surface area contributed by atoms with Gasteiger partial charge in [-0.15, -0.1) is 0 Å². The summed E-state index contributed by atoms with van der Waals surface area (Å²) in [5.74, 6) is 5.59. The van der Waals surface area contributed by atoms with Crippen LogP contribution in [0.5, 0.6) is 0 Å². The number of pyridine rings is 1. The SMILES string of the molecule is CC1(C(Cc2ccncc2Cl)NN)CC1. The van der Waals surface area contributed by atoms with Crippen LogP contribution in [0.3, 0.4) is 0 Å². The molecule has 1 unspecified atom stereocenters. The lowest BCUT2D eigenvalue weighted by atomic mass is 9.93. The van der Waals surface area contributed by atoms with Crippen molar-refractivity contribution in [2.24, 2.45) is 11.3 Å². The van der Waals surface area contributed by atoms with Crippen LogP contribution < -0.4 is 11.3 Å². The van der Waals surface area contributed by atoms with Crippen molar-refractivity contribution in [3.05, 3.63) is 29.0 Å². The van der Waals surface area contributed by atoms with Crippen LogP contribution in [-0.2, 0) is 6.42 Å². The Morgan fingerprint density at radius 1 is 1.67 bits per heavy atom. The lowest BCUT2D eigenvalue weighted by Crippen LogP contribution is -2.42.